The molecule has 34 heavy (non-hydrogen) atoms. The summed E-state index contributed by atoms with van der Waals surface area (Å²) in [4.78, 5) is 43.0. The predicted molar refractivity (Wildman–Crippen MR) is 129 cm³/mol. The lowest BCUT2D eigenvalue weighted by Gasteiger charge is -2.28. The summed E-state index contributed by atoms with van der Waals surface area (Å²) in [6, 6.07) is 9.90. The number of rotatable bonds is 5. The van der Waals surface area contributed by atoms with Crippen molar-refractivity contribution in [2.24, 2.45) is 5.92 Å². The van der Waals surface area contributed by atoms with Crippen molar-refractivity contribution in [2.75, 3.05) is 6.54 Å². The Labute approximate surface area is 200 Å². The summed E-state index contributed by atoms with van der Waals surface area (Å²) in [6.07, 6.45) is 5.41. The van der Waals surface area contributed by atoms with Crippen molar-refractivity contribution in [3.05, 3.63) is 70.9 Å². The van der Waals surface area contributed by atoms with Gasteiger partial charge in [-0.2, -0.15) is 0 Å². The largest absolute Gasteiger partial charge is 0.349 e. The first kappa shape index (κ1) is 21.0. The minimum absolute atomic E-state index is 0.0590. The first-order chi connectivity index (χ1) is 16.5. The molecule has 0 spiro atoms. The SMILES string of the molecule is Cc1ncc(C(=O)N2C(CNC(=O)c3c(C)nc4sccn34)CC3C[C@@H]32)c(-c2ccccc2)n1. The maximum Gasteiger partial charge on any atom is 0.270 e. The molecule has 2 amide bonds. The quantitative estimate of drug-likeness (QED) is 0.480. The number of aryl methyl sites for hydroxylation is 2. The van der Waals surface area contributed by atoms with E-state index in [2.05, 4.69) is 20.3 Å². The first-order valence-corrected chi connectivity index (χ1v) is 12.3. The van der Waals surface area contributed by atoms with Crippen LogP contribution in [0.15, 0.2) is 48.1 Å². The second-order valence-electron chi connectivity index (χ2n) is 9.02. The molecule has 4 aromatic rings. The zero-order valence-electron chi connectivity index (χ0n) is 18.9. The topological polar surface area (TPSA) is 92.5 Å². The fourth-order valence-electron chi connectivity index (χ4n) is 5.10. The molecule has 1 saturated carbocycles. The summed E-state index contributed by atoms with van der Waals surface area (Å²) in [6.45, 7) is 4.08. The molecule has 1 saturated heterocycles. The van der Waals surface area contributed by atoms with Crippen LogP contribution in [0.2, 0.25) is 0 Å². The van der Waals surface area contributed by atoms with Crippen LogP contribution in [0.5, 0.6) is 0 Å². The van der Waals surface area contributed by atoms with Gasteiger partial charge in [0.1, 0.15) is 11.5 Å². The molecule has 1 N–H and O–H groups in total. The number of carbonyl (C=O) groups is 2. The third-order valence-corrected chi connectivity index (χ3v) is 7.54. The number of benzene rings is 1. The van der Waals surface area contributed by atoms with Gasteiger partial charge >= 0.3 is 0 Å². The molecular weight excluding hydrogens is 448 g/mol. The first-order valence-electron chi connectivity index (χ1n) is 11.4. The molecule has 0 bridgehead atoms. The third kappa shape index (κ3) is 3.47. The molecule has 172 valence electrons. The molecule has 0 radical (unpaired) electrons. The summed E-state index contributed by atoms with van der Waals surface area (Å²) in [5.41, 5.74) is 3.31. The number of piperidine rings is 1. The van der Waals surface area contributed by atoms with Crippen LogP contribution in [0.25, 0.3) is 16.2 Å². The van der Waals surface area contributed by atoms with Crippen molar-refractivity contribution >= 4 is 28.1 Å². The van der Waals surface area contributed by atoms with Gasteiger partial charge < -0.3 is 10.2 Å². The highest BCUT2D eigenvalue weighted by atomic mass is 32.1. The molecule has 1 aromatic carbocycles. The van der Waals surface area contributed by atoms with E-state index in [4.69, 9.17) is 0 Å². The van der Waals surface area contributed by atoms with E-state index in [1.165, 1.54) is 11.3 Å². The van der Waals surface area contributed by atoms with Gasteiger partial charge in [-0.3, -0.25) is 14.0 Å². The van der Waals surface area contributed by atoms with Gasteiger partial charge in [0.15, 0.2) is 4.96 Å². The standard InChI is InChI=1S/C25H24N6O2S/c1-14-22(30-8-9-34-25(30)28-14)23(32)27-12-18-10-17-11-20(17)31(18)24(33)19-13-26-15(2)29-21(19)16-6-4-3-5-7-16/h3-9,13,17-18,20H,10-12H2,1-2H3,(H,27,32)/t17?,18?,20-/m0/s1. The van der Waals surface area contributed by atoms with Crippen molar-refractivity contribution in [3.63, 3.8) is 0 Å². The molecule has 2 fully saturated rings. The molecule has 3 aromatic heterocycles. The van der Waals surface area contributed by atoms with E-state index >= 15 is 0 Å². The second kappa shape index (κ2) is 8.02. The van der Waals surface area contributed by atoms with E-state index in [-0.39, 0.29) is 23.9 Å². The highest BCUT2D eigenvalue weighted by Crippen LogP contribution is 2.48. The number of fused-ring (bicyclic) bond motifs is 2. The number of likely N-dealkylation sites (tertiary alicyclic amines) is 1. The van der Waals surface area contributed by atoms with Crippen LogP contribution >= 0.6 is 11.3 Å². The number of nitrogens with one attached hydrogen (secondary N) is 1. The van der Waals surface area contributed by atoms with Crippen molar-refractivity contribution in [1.82, 2.24) is 29.6 Å². The van der Waals surface area contributed by atoms with Crippen LogP contribution in [-0.4, -0.2) is 54.7 Å². The summed E-state index contributed by atoms with van der Waals surface area (Å²) in [5.74, 6) is 0.891. The summed E-state index contributed by atoms with van der Waals surface area (Å²) in [7, 11) is 0. The molecule has 2 unspecified atom stereocenters. The van der Waals surface area contributed by atoms with Crippen LogP contribution in [0.4, 0.5) is 0 Å². The van der Waals surface area contributed by atoms with Gasteiger partial charge in [0.25, 0.3) is 11.8 Å². The molecule has 1 aliphatic carbocycles. The third-order valence-electron chi connectivity index (χ3n) is 6.78. The Morgan fingerprint density at radius 1 is 1.15 bits per heavy atom. The van der Waals surface area contributed by atoms with Crippen LogP contribution in [0, 0.1) is 19.8 Å². The number of amides is 2. The molecule has 9 heteroatoms. The minimum atomic E-state index is -0.167. The summed E-state index contributed by atoms with van der Waals surface area (Å²) in [5, 5.41) is 4.98. The van der Waals surface area contributed by atoms with Gasteiger partial charge in [0.05, 0.1) is 23.0 Å². The number of carbonyl (C=O) groups excluding carboxylic acids is 2. The lowest BCUT2D eigenvalue weighted by Crippen LogP contribution is -2.45. The number of hydrogen-bond acceptors (Lipinski definition) is 6. The van der Waals surface area contributed by atoms with E-state index in [9.17, 15) is 9.59 Å². The number of hydrogen-bond donors (Lipinski definition) is 1. The van der Waals surface area contributed by atoms with Crippen molar-refractivity contribution in [2.45, 2.75) is 38.8 Å². The fraction of sp³-hybridized carbons (Fsp3) is 0.320. The molecule has 3 atom stereocenters. The van der Waals surface area contributed by atoms with Crippen molar-refractivity contribution in [1.29, 1.82) is 0 Å². The highest BCUT2D eigenvalue weighted by Gasteiger charge is 2.54. The normalized spacial score (nSPS) is 21.0. The Balaban J connectivity index is 1.25. The van der Waals surface area contributed by atoms with Gasteiger partial charge in [0, 0.05) is 35.9 Å². The second-order valence-corrected chi connectivity index (χ2v) is 9.90. The Morgan fingerprint density at radius 2 is 1.97 bits per heavy atom. The van der Waals surface area contributed by atoms with E-state index in [1.54, 1.807) is 6.20 Å². The maximum atomic E-state index is 13.8. The molecule has 8 nitrogen and oxygen atoms in total. The van der Waals surface area contributed by atoms with Gasteiger partial charge in [-0.15, -0.1) is 11.3 Å². The van der Waals surface area contributed by atoms with Crippen LogP contribution in [-0.2, 0) is 0 Å². The van der Waals surface area contributed by atoms with Crippen LogP contribution in [0.1, 0.15) is 45.2 Å². The minimum Gasteiger partial charge on any atom is -0.349 e. The number of imidazole rings is 1. The molecule has 4 heterocycles. The average Bonchev–Trinajstić information content (AvgIpc) is 3.14. The smallest absolute Gasteiger partial charge is 0.270 e. The van der Waals surface area contributed by atoms with E-state index in [0.29, 0.717) is 40.9 Å². The zero-order chi connectivity index (χ0) is 23.4. The maximum absolute atomic E-state index is 13.8. The Bertz CT molecular complexity index is 1410. The fourth-order valence-corrected chi connectivity index (χ4v) is 5.86. The lowest BCUT2D eigenvalue weighted by molar-refractivity contribution is 0.0688. The lowest BCUT2D eigenvalue weighted by atomic mass is 10.0. The highest BCUT2D eigenvalue weighted by molar-refractivity contribution is 7.15. The van der Waals surface area contributed by atoms with Crippen LogP contribution < -0.4 is 5.32 Å². The van der Waals surface area contributed by atoms with E-state index < -0.39 is 0 Å². The van der Waals surface area contributed by atoms with Crippen molar-refractivity contribution < 1.29 is 9.59 Å². The molecule has 1 aliphatic heterocycles. The number of aromatic nitrogens is 4. The van der Waals surface area contributed by atoms with Crippen molar-refractivity contribution in [3.8, 4) is 11.3 Å². The van der Waals surface area contributed by atoms with Gasteiger partial charge in [-0.05, 0) is 32.6 Å². The number of nitrogens with zero attached hydrogens (tertiary/aromatic N) is 5. The molecule has 6 rings (SSSR count). The van der Waals surface area contributed by atoms with Crippen LogP contribution in [0.3, 0.4) is 0 Å². The number of thiazole rings is 1. The Morgan fingerprint density at radius 3 is 2.79 bits per heavy atom. The monoisotopic (exact) mass is 472 g/mol. The zero-order valence-corrected chi connectivity index (χ0v) is 19.7. The van der Waals surface area contributed by atoms with Gasteiger partial charge in [-0.1, -0.05) is 30.3 Å². The predicted octanol–water partition coefficient (Wildman–Crippen LogP) is 3.50. The molecule has 2 aliphatic rings. The summed E-state index contributed by atoms with van der Waals surface area (Å²) < 4.78 is 1.82. The molecular formula is C25H24N6O2S. The van der Waals surface area contributed by atoms with E-state index in [0.717, 1.165) is 23.4 Å². The van der Waals surface area contributed by atoms with E-state index in [1.807, 2.05) is 65.1 Å². The Hall–Kier alpha value is -3.59. The average molecular weight is 473 g/mol. The Kier molecular flexibility index (Phi) is 4.95. The van der Waals surface area contributed by atoms with Gasteiger partial charge in [-0.25, -0.2) is 15.0 Å². The summed E-state index contributed by atoms with van der Waals surface area (Å²) >= 11 is 1.50. The van der Waals surface area contributed by atoms with Gasteiger partial charge in [0.2, 0.25) is 0 Å².